The summed E-state index contributed by atoms with van der Waals surface area (Å²) in [7, 11) is 0. The Bertz CT molecular complexity index is 677. The van der Waals surface area contributed by atoms with E-state index in [0.29, 0.717) is 13.0 Å². The lowest BCUT2D eigenvalue weighted by atomic mass is 10.0. The van der Waals surface area contributed by atoms with E-state index in [1.807, 2.05) is 0 Å². The summed E-state index contributed by atoms with van der Waals surface area (Å²) >= 11 is 0. The molecular formula is C15H23N3O8. The van der Waals surface area contributed by atoms with Crippen LogP contribution in [-0.4, -0.2) is 73.4 Å². The zero-order chi connectivity index (χ0) is 18.9. The Labute approximate surface area is 148 Å². The molecule has 5 N–H and O–H groups in total. The van der Waals surface area contributed by atoms with Crippen LogP contribution in [-0.2, 0) is 14.3 Å². The monoisotopic (exact) mass is 373 g/mol. The lowest BCUT2D eigenvalue weighted by molar-refractivity contribution is -0.196. The van der Waals surface area contributed by atoms with E-state index < -0.39 is 48.7 Å². The van der Waals surface area contributed by atoms with Crippen LogP contribution < -0.4 is 11.2 Å². The molecule has 0 amide bonds. The first-order valence-electron chi connectivity index (χ1n) is 8.31. The van der Waals surface area contributed by atoms with Gasteiger partial charge in [0, 0.05) is 12.8 Å². The summed E-state index contributed by atoms with van der Waals surface area (Å²) < 4.78 is 11.7. The summed E-state index contributed by atoms with van der Waals surface area (Å²) in [5.74, 6) is 0.0404. The number of aromatic nitrogens is 2. The second-order valence-corrected chi connectivity index (χ2v) is 6.57. The zero-order valence-corrected chi connectivity index (χ0v) is 14.2. The molecule has 146 valence electrons. The summed E-state index contributed by atoms with van der Waals surface area (Å²) in [6, 6.07) is 1.38. The van der Waals surface area contributed by atoms with E-state index in [9.17, 15) is 20.1 Å². The molecule has 6 atom stereocenters. The van der Waals surface area contributed by atoms with Crippen LogP contribution in [0.25, 0.3) is 0 Å². The van der Waals surface area contributed by atoms with Crippen molar-refractivity contribution in [2.24, 2.45) is 0 Å². The first-order valence-corrected chi connectivity index (χ1v) is 8.31. The molecule has 1 aromatic rings. The Morgan fingerprint density at radius 3 is 2.85 bits per heavy atom. The maximum atomic E-state index is 12.2. The average Bonchev–Trinajstić information content (AvgIpc) is 3.19. The predicted octanol–water partition coefficient (Wildman–Crippen LogP) is -1.91. The van der Waals surface area contributed by atoms with Gasteiger partial charge in [-0.15, -0.1) is 0 Å². The van der Waals surface area contributed by atoms with Crippen molar-refractivity contribution in [2.75, 3.05) is 18.7 Å². The van der Waals surface area contributed by atoms with Gasteiger partial charge in [-0.2, -0.15) is 4.98 Å². The molecule has 1 aromatic heterocycles. The van der Waals surface area contributed by atoms with Gasteiger partial charge < -0.3 is 29.9 Å². The Hall–Kier alpha value is -1.60. The molecule has 0 bridgehead atoms. The highest BCUT2D eigenvalue weighted by Gasteiger charge is 2.44. The highest BCUT2D eigenvalue weighted by molar-refractivity contribution is 5.28. The number of aliphatic hydroxyl groups excluding tert-OH is 4. The van der Waals surface area contributed by atoms with Crippen LogP contribution in [0.5, 0.6) is 0 Å². The molecule has 3 heterocycles. The number of nitrogens with one attached hydrogen (secondary N) is 1. The van der Waals surface area contributed by atoms with Gasteiger partial charge in [-0.05, 0) is 25.8 Å². The van der Waals surface area contributed by atoms with E-state index in [4.69, 9.17) is 19.4 Å². The number of hydrogen-bond acceptors (Lipinski definition) is 10. The molecule has 0 saturated carbocycles. The molecule has 2 aliphatic heterocycles. The van der Waals surface area contributed by atoms with E-state index in [-0.39, 0.29) is 5.82 Å². The van der Waals surface area contributed by atoms with E-state index >= 15 is 0 Å². The quantitative estimate of drug-likeness (QED) is 0.281. The molecule has 2 fully saturated rings. The highest BCUT2D eigenvalue weighted by Crippen LogP contribution is 2.30. The van der Waals surface area contributed by atoms with Crippen molar-refractivity contribution in [3.63, 3.8) is 0 Å². The number of hydrogen-bond donors (Lipinski definition) is 5. The van der Waals surface area contributed by atoms with E-state index in [0.717, 1.165) is 11.0 Å². The van der Waals surface area contributed by atoms with Crippen LogP contribution in [0.1, 0.15) is 26.0 Å². The maximum Gasteiger partial charge on any atom is 0.351 e. The van der Waals surface area contributed by atoms with Gasteiger partial charge in [0.05, 0.1) is 6.61 Å². The SMILES string of the molecule is C[C@]1(C(O)ONc2ccn([C@@H]3O[C@H](CO)[C@@H](O)[C@H]3O)c(=O)n2)CCCO1. The van der Waals surface area contributed by atoms with Gasteiger partial charge in [-0.25, -0.2) is 15.1 Å². The summed E-state index contributed by atoms with van der Waals surface area (Å²) in [6.45, 7) is 1.76. The van der Waals surface area contributed by atoms with Crippen molar-refractivity contribution in [1.82, 2.24) is 9.55 Å². The number of rotatable bonds is 6. The largest absolute Gasteiger partial charge is 0.394 e. The molecule has 2 saturated heterocycles. The molecular weight excluding hydrogens is 350 g/mol. The fourth-order valence-electron chi connectivity index (χ4n) is 3.01. The molecule has 0 aromatic carbocycles. The molecule has 3 rings (SSSR count). The lowest BCUT2D eigenvalue weighted by Crippen LogP contribution is -2.42. The number of anilines is 1. The smallest absolute Gasteiger partial charge is 0.351 e. The van der Waals surface area contributed by atoms with Gasteiger partial charge in [-0.1, -0.05) is 0 Å². The van der Waals surface area contributed by atoms with Crippen molar-refractivity contribution in [2.45, 2.75) is 56.2 Å². The van der Waals surface area contributed by atoms with Gasteiger partial charge in [-0.3, -0.25) is 4.57 Å². The summed E-state index contributed by atoms with van der Waals surface area (Å²) in [5.41, 5.74) is 0.792. The van der Waals surface area contributed by atoms with E-state index in [2.05, 4.69) is 10.5 Å². The van der Waals surface area contributed by atoms with Crippen LogP contribution >= 0.6 is 0 Å². The van der Waals surface area contributed by atoms with Crippen LogP contribution in [0, 0.1) is 0 Å². The van der Waals surface area contributed by atoms with Crippen molar-refractivity contribution in [3.05, 3.63) is 22.7 Å². The fraction of sp³-hybridized carbons (Fsp3) is 0.733. The minimum atomic E-state index is -1.39. The molecule has 0 radical (unpaired) electrons. The lowest BCUT2D eigenvalue weighted by Gasteiger charge is -2.28. The van der Waals surface area contributed by atoms with Crippen molar-refractivity contribution in [3.8, 4) is 0 Å². The highest BCUT2D eigenvalue weighted by atomic mass is 16.7. The summed E-state index contributed by atoms with van der Waals surface area (Å²) in [5, 5.41) is 38.9. The maximum absolute atomic E-state index is 12.2. The third-order valence-electron chi connectivity index (χ3n) is 4.67. The Balaban J connectivity index is 1.65. The molecule has 26 heavy (non-hydrogen) atoms. The molecule has 11 nitrogen and oxygen atoms in total. The topological polar surface area (TPSA) is 156 Å². The zero-order valence-electron chi connectivity index (χ0n) is 14.2. The number of nitrogens with zero attached hydrogens (tertiary/aromatic N) is 2. The van der Waals surface area contributed by atoms with Crippen LogP contribution in [0.15, 0.2) is 17.1 Å². The van der Waals surface area contributed by atoms with Crippen molar-refractivity contribution < 1.29 is 34.7 Å². The number of aliphatic hydroxyl groups is 4. The average molecular weight is 373 g/mol. The Kier molecular flexibility index (Phi) is 5.58. The van der Waals surface area contributed by atoms with E-state index in [1.165, 1.54) is 12.3 Å². The normalized spacial score (nSPS) is 35.6. The predicted molar refractivity (Wildman–Crippen MR) is 85.8 cm³/mol. The first kappa shape index (κ1) is 19.2. The molecule has 0 spiro atoms. The van der Waals surface area contributed by atoms with Gasteiger partial charge in [0.2, 0.25) is 6.29 Å². The van der Waals surface area contributed by atoms with Crippen LogP contribution in [0.2, 0.25) is 0 Å². The molecule has 11 heteroatoms. The summed E-state index contributed by atoms with van der Waals surface area (Å²) in [6.07, 6.45) is -3.38. The standard InChI is InChI=1S/C15H23N3O8/c1-15(4-2-6-24-15)13(22)26-17-9-3-5-18(14(23)16-9)12-11(21)10(20)8(7-19)25-12/h3,5,8,10-13,19-22H,2,4,6-7H2,1H3,(H,16,17,23)/t8-,10-,11-,12-,13?,15-/m1/s1. The molecule has 0 aliphatic carbocycles. The van der Waals surface area contributed by atoms with Gasteiger partial charge in [0.25, 0.3) is 0 Å². The first-order chi connectivity index (χ1) is 12.4. The summed E-state index contributed by atoms with van der Waals surface area (Å²) in [4.78, 5) is 21.0. The third kappa shape index (κ3) is 3.60. The Morgan fingerprint density at radius 1 is 1.50 bits per heavy atom. The minimum Gasteiger partial charge on any atom is -0.394 e. The van der Waals surface area contributed by atoms with Crippen molar-refractivity contribution >= 4 is 5.82 Å². The fourth-order valence-corrected chi connectivity index (χ4v) is 3.01. The van der Waals surface area contributed by atoms with Gasteiger partial charge >= 0.3 is 5.69 Å². The van der Waals surface area contributed by atoms with Crippen LogP contribution in [0.3, 0.4) is 0 Å². The van der Waals surface area contributed by atoms with E-state index in [1.54, 1.807) is 6.92 Å². The molecule has 1 unspecified atom stereocenters. The second-order valence-electron chi connectivity index (χ2n) is 6.57. The van der Waals surface area contributed by atoms with Crippen molar-refractivity contribution in [1.29, 1.82) is 0 Å². The van der Waals surface area contributed by atoms with Gasteiger partial charge in [0.15, 0.2) is 12.0 Å². The number of ether oxygens (including phenoxy) is 2. The second kappa shape index (κ2) is 7.56. The van der Waals surface area contributed by atoms with Crippen LogP contribution in [0.4, 0.5) is 5.82 Å². The minimum absolute atomic E-state index is 0.0404. The molecule has 2 aliphatic rings. The third-order valence-corrected chi connectivity index (χ3v) is 4.67. The Morgan fingerprint density at radius 2 is 2.27 bits per heavy atom. The van der Waals surface area contributed by atoms with Gasteiger partial charge in [0.1, 0.15) is 23.9 Å².